The number of ether oxygens (including phenoxy) is 2. The summed E-state index contributed by atoms with van der Waals surface area (Å²) in [6.07, 6.45) is -4.76. The van der Waals surface area contributed by atoms with Gasteiger partial charge in [-0.2, -0.15) is 13.2 Å². The van der Waals surface area contributed by atoms with Crippen LogP contribution >= 0.6 is 23.2 Å². The second-order valence-corrected chi connectivity index (χ2v) is 7.45. The predicted octanol–water partition coefficient (Wildman–Crippen LogP) is 7.47. The molecule has 0 bridgehead atoms. The molecule has 174 valence electrons. The Morgan fingerprint density at radius 1 is 1.03 bits per heavy atom. The Bertz CT molecular complexity index is 1210. The SMILES string of the molecule is COc1cc(CNc2ccc(F)c(Cl)c2)cc(Cl)c1Oc1ccc(C(F)(F)F)cc1[N+](=O)[O-]. The molecule has 0 aliphatic rings. The zero-order valence-corrected chi connectivity index (χ0v) is 18.2. The summed E-state index contributed by atoms with van der Waals surface area (Å²) < 4.78 is 62.8. The lowest BCUT2D eigenvalue weighted by Crippen LogP contribution is -2.06. The van der Waals surface area contributed by atoms with Crippen LogP contribution in [0.1, 0.15) is 11.1 Å². The van der Waals surface area contributed by atoms with Gasteiger partial charge in [0.1, 0.15) is 5.82 Å². The molecule has 33 heavy (non-hydrogen) atoms. The van der Waals surface area contributed by atoms with Crippen molar-refractivity contribution >= 4 is 34.6 Å². The van der Waals surface area contributed by atoms with E-state index in [1.165, 1.54) is 37.4 Å². The van der Waals surface area contributed by atoms with Gasteiger partial charge in [-0.3, -0.25) is 10.1 Å². The van der Waals surface area contributed by atoms with Crippen LogP contribution in [0.15, 0.2) is 48.5 Å². The Balaban J connectivity index is 1.88. The first-order chi connectivity index (χ1) is 15.5. The predicted molar refractivity (Wildman–Crippen MR) is 115 cm³/mol. The molecular formula is C21H14Cl2F4N2O4. The van der Waals surface area contributed by atoms with Crippen molar-refractivity contribution < 1.29 is 32.0 Å². The third-order valence-corrected chi connectivity index (χ3v) is 4.97. The summed E-state index contributed by atoms with van der Waals surface area (Å²) in [4.78, 5) is 10.3. The summed E-state index contributed by atoms with van der Waals surface area (Å²) in [5.74, 6) is -1.04. The maximum absolute atomic E-state index is 13.3. The van der Waals surface area contributed by atoms with E-state index in [9.17, 15) is 27.7 Å². The molecule has 1 N–H and O–H groups in total. The van der Waals surface area contributed by atoms with Gasteiger partial charge in [0.2, 0.25) is 5.75 Å². The Morgan fingerprint density at radius 3 is 2.36 bits per heavy atom. The number of hydrogen-bond acceptors (Lipinski definition) is 5. The minimum Gasteiger partial charge on any atom is -0.493 e. The number of nitrogens with one attached hydrogen (secondary N) is 1. The van der Waals surface area contributed by atoms with Crippen LogP contribution in [0.5, 0.6) is 17.2 Å². The lowest BCUT2D eigenvalue weighted by Gasteiger charge is -2.15. The highest BCUT2D eigenvalue weighted by Crippen LogP contribution is 2.43. The van der Waals surface area contributed by atoms with E-state index in [2.05, 4.69) is 5.32 Å². The van der Waals surface area contributed by atoms with E-state index in [0.29, 0.717) is 23.4 Å². The monoisotopic (exact) mass is 504 g/mol. The van der Waals surface area contributed by atoms with Crippen molar-refractivity contribution in [2.24, 2.45) is 0 Å². The molecule has 0 spiro atoms. The van der Waals surface area contributed by atoms with Crippen LogP contribution in [-0.2, 0) is 12.7 Å². The van der Waals surface area contributed by atoms with Crippen LogP contribution in [-0.4, -0.2) is 12.0 Å². The number of benzene rings is 3. The molecule has 0 saturated heterocycles. The Morgan fingerprint density at radius 2 is 1.76 bits per heavy atom. The van der Waals surface area contributed by atoms with E-state index in [1.54, 1.807) is 0 Å². The number of hydrogen-bond donors (Lipinski definition) is 1. The summed E-state index contributed by atoms with van der Waals surface area (Å²) in [6, 6.07) is 8.97. The summed E-state index contributed by atoms with van der Waals surface area (Å²) in [5.41, 5.74) is -0.937. The first kappa shape index (κ1) is 24.4. The van der Waals surface area contributed by atoms with Crippen molar-refractivity contribution in [3.63, 3.8) is 0 Å². The first-order valence-corrected chi connectivity index (χ1v) is 9.84. The number of anilines is 1. The molecule has 3 aromatic rings. The summed E-state index contributed by atoms with van der Waals surface area (Å²) in [7, 11) is 1.30. The van der Waals surface area contributed by atoms with Crippen molar-refractivity contribution in [2.45, 2.75) is 12.7 Å². The molecule has 0 aromatic heterocycles. The molecule has 0 radical (unpaired) electrons. The highest BCUT2D eigenvalue weighted by Gasteiger charge is 2.33. The maximum atomic E-state index is 13.3. The molecule has 0 fully saturated rings. The number of nitro benzene ring substituents is 1. The zero-order valence-electron chi connectivity index (χ0n) is 16.7. The van der Waals surface area contributed by atoms with Crippen LogP contribution < -0.4 is 14.8 Å². The molecule has 0 aliphatic carbocycles. The molecule has 3 aromatic carbocycles. The van der Waals surface area contributed by atoms with Gasteiger partial charge in [0.05, 0.1) is 27.6 Å². The fourth-order valence-corrected chi connectivity index (χ4v) is 3.27. The second-order valence-electron chi connectivity index (χ2n) is 6.63. The average molecular weight is 505 g/mol. The number of alkyl halides is 3. The van der Waals surface area contributed by atoms with Gasteiger partial charge in [0.15, 0.2) is 11.5 Å². The Labute approximate surface area is 194 Å². The summed E-state index contributed by atoms with van der Waals surface area (Å²) in [6.45, 7) is 0.221. The van der Waals surface area contributed by atoms with Gasteiger partial charge in [0, 0.05) is 18.3 Å². The molecule has 0 heterocycles. The molecule has 0 unspecified atom stereocenters. The number of nitrogens with zero attached hydrogens (tertiary/aromatic N) is 1. The largest absolute Gasteiger partial charge is 0.493 e. The molecule has 0 amide bonds. The Kier molecular flexibility index (Phi) is 7.19. The smallest absolute Gasteiger partial charge is 0.416 e. The number of methoxy groups -OCH3 is 1. The van der Waals surface area contributed by atoms with Crippen LogP contribution in [0.25, 0.3) is 0 Å². The van der Waals surface area contributed by atoms with Crippen LogP contribution in [0.4, 0.5) is 28.9 Å². The van der Waals surface area contributed by atoms with Gasteiger partial charge in [0.25, 0.3) is 0 Å². The van der Waals surface area contributed by atoms with Crippen molar-refractivity contribution in [1.29, 1.82) is 0 Å². The average Bonchev–Trinajstić information content (AvgIpc) is 2.75. The topological polar surface area (TPSA) is 73.6 Å². The standard InChI is InChI=1S/C21H14Cl2F4N2O4/c1-32-19-7-11(10-28-13-3-4-16(24)14(22)9-13)6-15(23)20(19)33-18-5-2-12(21(25,26)27)8-17(18)29(30)31/h2-9,28H,10H2,1H3. The molecule has 3 rings (SSSR count). The quantitative estimate of drug-likeness (QED) is 0.205. The molecule has 0 aliphatic heterocycles. The van der Waals surface area contributed by atoms with Crippen LogP contribution in [0.2, 0.25) is 10.0 Å². The van der Waals surface area contributed by atoms with Crippen molar-refractivity contribution in [2.75, 3.05) is 12.4 Å². The van der Waals surface area contributed by atoms with E-state index in [0.717, 1.165) is 6.07 Å². The third kappa shape index (κ3) is 5.77. The summed E-state index contributed by atoms with van der Waals surface area (Å²) >= 11 is 12.0. The molecule has 0 saturated carbocycles. The molecule has 6 nitrogen and oxygen atoms in total. The minimum atomic E-state index is -4.76. The highest BCUT2D eigenvalue weighted by molar-refractivity contribution is 6.32. The van der Waals surface area contributed by atoms with Gasteiger partial charge in [-0.05, 0) is 48.0 Å². The van der Waals surface area contributed by atoms with E-state index in [4.69, 9.17) is 32.7 Å². The normalized spacial score (nSPS) is 11.2. The first-order valence-electron chi connectivity index (χ1n) is 9.08. The fraction of sp³-hybridized carbons (Fsp3) is 0.143. The number of halogens is 6. The lowest BCUT2D eigenvalue weighted by molar-refractivity contribution is -0.385. The molecule has 12 heteroatoms. The number of rotatable bonds is 7. The van der Waals surface area contributed by atoms with Gasteiger partial charge >= 0.3 is 11.9 Å². The van der Waals surface area contributed by atoms with E-state index in [1.807, 2.05) is 0 Å². The van der Waals surface area contributed by atoms with Gasteiger partial charge in [-0.1, -0.05) is 23.2 Å². The van der Waals surface area contributed by atoms with Gasteiger partial charge in [-0.25, -0.2) is 4.39 Å². The third-order valence-electron chi connectivity index (χ3n) is 4.40. The minimum absolute atomic E-state index is 0.00233. The van der Waals surface area contributed by atoms with Crippen LogP contribution in [0.3, 0.4) is 0 Å². The van der Waals surface area contributed by atoms with E-state index < -0.39 is 33.9 Å². The molecular weight excluding hydrogens is 491 g/mol. The molecule has 0 atom stereocenters. The fourth-order valence-electron chi connectivity index (χ4n) is 2.82. The maximum Gasteiger partial charge on any atom is 0.416 e. The van der Waals surface area contributed by atoms with Crippen molar-refractivity contribution in [3.05, 3.63) is 85.6 Å². The van der Waals surface area contributed by atoms with Gasteiger partial charge in [-0.15, -0.1) is 0 Å². The van der Waals surface area contributed by atoms with Crippen molar-refractivity contribution in [1.82, 2.24) is 0 Å². The van der Waals surface area contributed by atoms with Crippen LogP contribution in [0, 0.1) is 15.9 Å². The van der Waals surface area contributed by atoms with Crippen molar-refractivity contribution in [3.8, 4) is 17.2 Å². The van der Waals surface area contributed by atoms with E-state index in [-0.39, 0.29) is 28.1 Å². The zero-order chi connectivity index (χ0) is 24.3. The lowest BCUT2D eigenvalue weighted by atomic mass is 10.1. The van der Waals surface area contributed by atoms with Gasteiger partial charge < -0.3 is 14.8 Å². The second kappa shape index (κ2) is 9.72. The summed E-state index contributed by atoms with van der Waals surface area (Å²) in [5, 5.41) is 14.3. The number of nitro groups is 1. The Hall–Kier alpha value is -3.24. The highest BCUT2D eigenvalue weighted by atomic mass is 35.5. The van der Waals surface area contributed by atoms with E-state index >= 15 is 0 Å².